The fraction of sp³-hybridized carbons (Fsp3) is 0.278. The third-order valence-corrected chi connectivity index (χ3v) is 3.77. The molecule has 7 heteroatoms. The van der Waals surface area contributed by atoms with Crippen molar-refractivity contribution in [3.63, 3.8) is 0 Å². The van der Waals surface area contributed by atoms with Gasteiger partial charge in [0, 0.05) is 18.8 Å². The van der Waals surface area contributed by atoms with E-state index in [9.17, 15) is 9.59 Å². The highest BCUT2D eigenvalue weighted by molar-refractivity contribution is 5.94. The van der Waals surface area contributed by atoms with Gasteiger partial charge in [0.1, 0.15) is 5.75 Å². The standard InChI is InChI=1S/C18H18N2O5/c1-12-10-20(11-15(24-12)18(22)23)17(21)13-7-8-16(19-9-13)25-14-5-3-2-4-6-14/h2-9,12,15H,10-11H2,1H3,(H,22,23)/t12-,15?/m1/s1. The van der Waals surface area contributed by atoms with Crippen molar-refractivity contribution in [1.29, 1.82) is 0 Å². The zero-order chi connectivity index (χ0) is 17.8. The number of hydrogen-bond acceptors (Lipinski definition) is 5. The first-order valence-electron chi connectivity index (χ1n) is 7.89. The lowest BCUT2D eigenvalue weighted by Crippen LogP contribution is -2.51. The number of hydrogen-bond donors (Lipinski definition) is 1. The monoisotopic (exact) mass is 342 g/mol. The van der Waals surface area contributed by atoms with Crippen LogP contribution in [0.4, 0.5) is 0 Å². The van der Waals surface area contributed by atoms with Gasteiger partial charge in [-0.15, -0.1) is 0 Å². The first-order chi connectivity index (χ1) is 12.0. The summed E-state index contributed by atoms with van der Waals surface area (Å²) in [6.45, 7) is 2.09. The highest BCUT2D eigenvalue weighted by atomic mass is 16.5. The van der Waals surface area contributed by atoms with Gasteiger partial charge in [-0.1, -0.05) is 18.2 Å². The van der Waals surface area contributed by atoms with Crippen LogP contribution in [0.25, 0.3) is 0 Å². The number of rotatable bonds is 4. The Balaban J connectivity index is 1.69. The topological polar surface area (TPSA) is 89.0 Å². The van der Waals surface area contributed by atoms with Crippen molar-refractivity contribution in [1.82, 2.24) is 9.88 Å². The minimum Gasteiger partial charge on any atom is -0.479 e. The Hall–Kier alpha value is -2.93. The van der Waals surface area contributed by atoms with Crippen molar-refractivity contribution in [2.45, 2.75) is 19.1 Å². The van der Waals surface area contributed by atoms with Crippen LogP contribution in [0.1, 0.15) is 17.3 Å². The quantitative estimate of drug-likeness (QED) is 0.916. The average molecular weight is 342 g/mol. The molecule has 1 fully saturated rings. The van der Waals surface area contributed by atoms with Crippen LogP contribution in [-0.4, -0.2) is 52.2 Å². The van der Waals surface area contributed by atoms with Gasteiger partial charge in [0.15, 0.2) is 6.10 Å². The van der Waals surface area contributed by atoms with E-state index < -0.39 is 12.1 Å². The summed E-state index contributed by atoms with van der Waals surface area (Å²) in [6.07, 6.45) is 0.0741. The van der Waals surface area contributed by atoms with Gasteiger partial charge < -0.3 is 19.5 Å². The molecule has 0 radical (unpaired) electrons. The number of pyridine rings is 1. The molecule has 7 nitrogen and oxygen atoms in total. The van der Waals surface area contributed by atoms with Gasteiger partial charge in [-0.3, -0.25) is 4.79 Å². The first kappa shape index (κ1) is 16.9. The lowest BCUT2D eigenvalue weighted by molar-refractivity contribution is -0.160. The zero-order valence-electron chi connectivity index (χ0n) is 13.7. The SMILES string of the molecule is C[C@@H]1CN(C(=O)c2ccc(Oc3ccccc3)nc2)CC(C(=O)O)O1. The van der Waals surface area contributed by atoms with E-state index >= 15 is 0 Å². The molecule has 2 atom stereocenters. The predicted octanol–water partition coefficient (Wildman–Crippen LogP) is 2.19. The van der Waals surface area contributed by atoms with Gasteiger partial charge in [-0.2, -0.15) is 0 Å². The summed E-state index contributed by atoms with van der Waals surface area (Å²) >= 11 is 0. The fourth-order valence-electron chi connectivity index (χ4n) is 2.61. The van der Waals surface area contributed by atoms with Crippen LogP contribution in [0.2, 0.25) is 0 Å². The number of nitrogens with zero attached hydrogens (tertiary/aromatic N) is 2. The number of carboxylic acid groups (broad SMARTS) is 1. The van der Waals surface area contributed by atoms with E-state index in [2.05, 4.69) is 4.98 Å². The van der Waals surface area contributed by atoms with Crippen molar-refractivity contribution >= 4 is 11.9 Å². The molecule has 1 aromatic carbocycles. The second-order valence-corrected chi connectivity index (χ2v) is 5.78. The Morgan fingerprint density at radius 3 is 2.60 bits per heavy atom. The predicted molar refractivity (Wildman–Crippen MR) is 88.6 cm³/mol. The number of carbonyl (C=O) groups is 2. The van der Waals surface area contributed by atoms with Gasteiger partial charge in [0.2, 0.25) is 5.88 Å². The van der Waals surface area contributed by atoms with Crippen LogP contribution < -0.4 is 4.74 Å². The van der Waals surface area contributed by atoms with E-state index in [1.165, 1.54) is 11.1 Å². The van der Waals surface area contributed by atoms with Gasteiger partial charge in [0.05, 0.1) is 18.2 Å². The summed E-state index contributed by atoms with van der Waals surface area (Å²) in [5, 5.41) is 9.11. The molecule has 0 spiro atoms. The third-order valence-electron chi connectivity index (χ3n) is 3.77. The first-order valence-corrected chi connectivity index (χ1v) is 7.89. The zero-order valence-corrected chi connectivity index (χ0v) is 13.7. The fourth-order valence-corrected chi connectivity index (χ4v) is 2.61. The minimum atomic E-state index is -1.07. The molecule has 1 aliphatic rings. The number of amides is 1. The summed E-state index contributed by atoms with van der Waals surface area (Å²) < 4.78 is 10.9. The molecule has 1 saturated heterocycles. The van der Waals surface area contributed by atoms with Crippen LogP contribution in [0.15, 0.2) is 48.7 Å². The second kappa shape index (κ2) is 7.31. The smallest absolute Gasteiger partial charge is 0.334 e. The highest BCUT2D eigenvalue weighted by Gasteiger charge is 2.33. The van der Waals surface area contributed by atoms with E-state index in [4.69, 9.17) is 14.6 Å². The molecule has 0 saturated carbocycles. The molecule has 25 heavy (non-hydrogen) atoms. The molecule has 2 heterocycles. The molecule has 1 unspecified atom stereocenters. The number of morpholine rings is 1. The summed E-state index contributed by atoms with van der Waals surface area (Å²) in [7, 11) is 0. The van der Waals surface area contributed by atoms with E-state index in [1.54, 1.807) is 19.1 Å². The normalized spacial score (nSPS) is 20.1. The maximum absolute atomic E-state index is 12.6. The van der Waals surface area contributed by atoms with Crippen molar-refractivity contribution in [2.24, 2.45) is 0 Å². The summed E-state index contributed by atoms with van der Waals surface area (Å²) in [5.41, 5.74) is 0.374. The van der Waals surface area contributed by atoms with Crippen LogP contribution in [0.3, 0.4) is 0 Å². The molecule has 0 bridgehead atoms. The van der Waals surface area contributed by atoms with Crippen molar-refractivity contribution in [2.75, 3.05) is 13.1 Å². The van der Waals surface area contributed by atoms with Crippen LogP contribution >= 0.6 is 0 Å². The Bertz CT molecular complexity index is 748. The number of ether oxygens (including phenoxy) is 2. The molecule has 2 aromatic rings. The van der Waals surface area contributed by atoms with E-state index in [1.807, 2.05) is 30.3 Å². The maximum atomic E-state index is 12.6. The number of para-hydroxylation sites is 1. The van der Waals surface area contributed by atoms with Gasteiger partial charge in [-0.25, -0.2) is 9.78 Å². The number of carboxylic acids is 1. The van der Waals surface area contributed by atoms with Gasteiger partial charge in [0.25, 0.3) is 5.91 Å². The van der Waals surface area contributed by atoms with Gasteiger partial charge >= 0.3 is 5.97 Å². The number of aliphatic carboxylic acids is 1. The highest BCUT2D eigenvalue weighted by Crippen LogP contribution is 2.20. The molecule has 1 aromatic heterocycles. The Labute approximate surface area is 144 Å². The molecular weight excluding hydrogens is 324 g/mol. The average Bonchev–Trinajstić information content (AvgIpc) is 2.62. The number of aromatic nitrogens is 1. The molecule has 1 aliphatic heterocycles. The van der Waals surface area contributed by atoms with E-state index in [-0.39, 0.29) is 18.6 Å². The lowest BCUT2D eigenvalue weighted by Gasteiger charge is -2.34. The maximum Gasteiger partial charge on any atom is 0.334 e. The van der Waals surface area contributed by atoms with Crippen molar-refractivity contribution in [3.8, 4) is 11.6 Å². The molecule has 130 valence electrons. The molecule has 0 aliphatic carbocycles. The van der Waals surface area contributed by atoms with E-state index in [0.29, 0.717) is 23.7 Å². The second-order valence-electron chi connectivity index (χ2n) is 5.78. The summed E-state index contributed by atoms with van der Waals surface area (Å²) in [4.78, 5) is 29.3. The molecule has 3 rings (SSSR count). The molecule has 1 amide bonds. The van der Waals surface area contributed by atoms with Gasteiger partial charge in [-0.05, 0) is 25.1 Å². The van der Waals surface area contributed by atoms with Crippen LogP contribution in [0, 0.1) is 0 Å². The Kier molecular flexibility index (Phi) is 4.95. The lowest BCUT2D eigenvalue weighted by atomic mass is 10.1. The molecular formula is C18H18N2O5. The van der Waals surface area contributed by atoms with E-state index in [0.717, 1.165) is 0 Å². The Morgan fingerprint density at radius 2 is 1.96 bits per heavy atom. The Morgan fingerprint density at radius 1 is 1.20 bits per heavy atom. The summed E-state index contributed by atoms with van der Waals surface area (Å²) in [5.74, 6) is -0.323. The van der Waals surface area contributed by atoms with Crippen molar-refractivity contribution in [3.05, 3.63) is 54.2 Å². The minimum absolute atomic E-state index is 0.0147. The van der Waals surface area contributed by atoms with Crippen molar-refractivity contribution < 1.29 is 24.2 Å². The largest absolute Gasteiger partial charge is 0.479 e. The number of benzene rings is 1. The third kappa shape index (κ3) is 4.13. The van der Waals surface area contributed by atoms with Crippen LogP contribution in [-0.2, 0) is 9.53 Å². The summed E-state index contributed by atoms with van der Waals surface area (Å²) in [6, 6.07) is 12.4. The van der Waals surface area contributed by atoms with Crippen LogP contribution in [0.5, 0.6) is 11.6 Å². The number of carbonyl (C=O) groups excluding carboxylic acids is 1. The molecule has 1 N–H and O–H groups in total.